The Labute approximate surface area is 129 Å². The molecule has 0 fully saturated rings. The lowest BCUT2D eigenvalue weighted by molar-refractivity contribution is 0.149. The van der Waals surface area contributed by atoms with Gasteiger partial charge in [0.25, 0.3) is 0 Å². The minimum atomic E-state index is 0.520. The second kappa shape index (κ2) is 9.85. The summed E-state index contributed by atoms with van der Waals surface area (Å²) in [6, 6.07) is 0.520. The molecule has 120 valence electrons. The van der Waals surface area contributed by atoms with Crippen molar-refractivity contribution in [2.75, 3.05) is 19.8 Å². The molecular weight excluding hydrogens is 262 g/mol. The van der Waals surface area contributed by atoms with Gasteiger partial charge < -0.3 is 10.1 Å². The van der Waals surface area contributed by atoms with Gasteiger partial charge in [-0.15, -0.1) is 0 Å². The summed E-state index contributed by atoms with van der Waals surface area (Å²) >= 11 is 0. The molecule has 1 aromatic heterocycles. The zero-order chi connectivity index (χ0) is 15.7. The van der Waals surface area contributed by atoms with Crippen LogP contribution in [0.25, 0.3) is 0 Å². The zero-order valence-corrected chi connectivity index (χ0v) is 14.3. The third kappa shape index (κ3) is 6.10. The second-order valence-electron chi connectivity index (χ2n) is 5.52. The number of rotatable bonds is 10. The van der Waals surface area contributed by atoms with E-state index in [1.165, 1.54) is 17.0 Å². The second-order valence-corrected chi connectivity index (χ2v) is 5.52. The Kier molecular flexibility index (Phi) is 8.47. The maximum atomic E-state index is 5.42. The molecule has 1 aromatic rings. The van der Waals surface area contributed by atoms with E-state index in [1.54, 1.807) is 0 Å². The molecule has 0 saturated carbocycles. The van der Waals surface area contributed by atoms with E-state index in [9.17, 15) is 0 Å². The molecule has 4 nitrogen and oxygen atoms in total. The van der Waals surface area contributed by atoms with Crippen LogP contribution in [-0.4, -0.2) is 35.8 Å². The van der Waals surface area contributed by atoms with Crippen LogP contribution in [0, 0.1) is 0 Å². The normalized spacial score (nSPS) is 11.3. The highest BCUT2D eigenvalue weighted by Crippen LogP contribution is 2.14. The summed E-state index contributed by atoms with van der Waals surface area (Å²) in [5, 5.41) is 3.48. The largest absolute Gasteiger partial charge is 0.381 e. The SMILES string of the molecule is CCOCCc1nc(CC)c(CCNC(C)C)c(CC)n1. The molecule has 0 aliphatic heterocycles. The maximum Gasteiger partial charge on any atom is 0.131 e. The lowest BCUT2D eigenvalue weighted by Crippen LogP contribution is -2.26. The highest BCUT2D eigenvalue weighted by Gasteiger charge is 2.12. The number of aromatic nitrogens is 2. The lowest BCUT2D eigenvalue weighted by atomic mass is 10.0. The first-order valence-corrected chi connectivity index (χ1v) is 8.30. The quantitative estimate of drug-likeness (QED) is 0.674. The van der Waals surface area contributed by atoms with Gasteiger partial charge in [0.2, 0.25) is 0 Å². The van der Waals surface area contributed by atoms with Gasteiger partial charge in [-0.3, -0.25) is 0 Å². The van der Waals surface area contributed by atoms with Gasteiger partial charge in [-0.05, 0) is 38.3 Å². The molecule has 0 unspecified atom stereocenters. The van der Waals surface area contributed by atoms with Crippen LogP contribution >= 0.6 is 0 Å². The molecule has 0 amide bonds. The molecule has 0 saturated heterocycles. The van der Waals surface area contributed by atoms with E-state index in [-0.39, 0.29) is 0 Å². The van der Waals surface area contributed by atoms with Gasteiger partial charge in [0.15, 0.2) is 0 Å². The molecule has 0 aliphatic carbocycles. The molecule has 21 heavy (non-hydrogen) atoms. The number of hydrogen-bond acceptors (Lipinski definition) is 4. The van der Waals surface area contributed by atoms with Crippen LogP contribution in [0.1, 0.15) is 57.4 Å². The van der Waals surface area contributed by atoms with Gasteiger partial charge in [-0.25, -0.2) is 9.97 Å². The Hall–Kier alpha value is -1.00. The Balaban J connectivity index is 2.85. The van der Waals surface area contributed by atoms with Crippen molar-refractivity contribution in [1.29, 1.82) is 0 Å². The molecular formula is C17H31N3O. The fourth-order valence-electron chi connectivity index (χ4n) is 2.42. The summed E-state index contributed by atoms with van der Waals surface area (Å²) in [5.41, 5.74) is 3.76. The molecule has 0 bridgehead atoms. The Morgan fingerprint density at radius 1 is 1.00 bits per heavy atom. The zero-order valence-electron chi connectivity index (χ0n) is 14.3. The summed E-state index contributed by atoms with van der Waals surface area (Å²) in [4.78, 5) is 9.50. The van der Waals surface area contributed by atoms with Crippen LogP contribution in [0.2, 0.25) is 0 Å². The summed E-state index contributed by atoms with van der Waals surface area (Å²) in [7, 11) is 0. The predicted octanol–water partition coefficient (Wildman–Crippen LogP) is 2.72. The van der Waals surface area contributed by atoms with Gasteiger partial charge >= 0.3 is 0 Å². The minimum absolute atomic E-state index is 0.520. The van der Waals surface area contributed by atoms with E-state index in [4.69, 9.17) is 14.7 Å². The Bertz CT molecular complexity index is 393. The summed E-state index contributed by atoms with van der Waals surface area (Å²) in [6.45, 7) is 13.2. The predicted molar refractivity (Wildman–Crippen MR) is 87.8 cm³/mol. The maximum absolute atomic E-state index is 5.42. The van der Waals surface area contributed by atoms with E-state index >= 15 is 0 Å². The topological polar surface area (TPSA) is 47.0 Å². The van der Waals surface area contributed by atoms with Crippen molar-refractivity contribution in [2.45, 2.75) is 66.3 Å². The van der Waals surface area contributed by atoms with Gasteiger partial charge in [0.1, 0.15) is 5.82 Å². The number of nitrogens with zero attached hydrogens (tertiary/aromatic N) is 2. The molecule has 0 atom stereocenters. The van der Waals surface area contributed by atoms with E-state index in [1.807, 2.05) is 6.92 Å². The van der Waals surface area contributed by atoms with E-state index in [0.717, 1.165) is 44.7 Å². The smallest absolute Gasteiger partial charge is 0.131 e. The standard InChI is InChI=1S/C17H31N3O/c1-6-15-14(9-11-18-13(4)5)16(7-2)20-17(19-15)10-12-21-8-3/h13,18H,6-12H2,1-5H3. The van der Waals surface area contributed by atoms with Crippen LogP contribution in [0.15, 0.2) is 0 Å². The van der Waals surface area contributed by atoms with Crippen LogP contribution in [0.5, 0.6) is 0 Å². The molecule has 0 radical (unpaired) electrons. The van der Waals surface area contributed by atoms with Crippen molar-refractivity contribution >= 4 is 0 Å². The van der Waals surface area contributed by atoms with Crippen molar-refractivity contribution in [2.24, 2.45) is 0 Å². The third-order valence-electron chi connectivity index (χ3n) is 3.50. The van der Waals surface area contributed by atoms with Gasteiger partial charge in [-0.1, -0.05) is 27.7 Å². The summed E-state index contributed by atoms with van der Waals surface area (Å²) in [6.07, 6.45) is 3.75. The van der Waals surface area contributed by atoms with Gasteiger partial charge in [-0.2, -0.15) is 0 Å². The molecule has 1 rings (SSSR count). The molecule has 0 aliphatic rings. The number of aryl methyl sites for hydroxylation is 2. The number of hydrogen-bond donors (Lipinski definition) is 1. The first-order valence-electron chi connectivity index (χ1n) is 8.30. The Morgan fingerprint density at radius 2 is 1.62 bits per heavy atom. The first kappa shape index (κ1) is 18.1. The number of nitrogens with one attached hydrogen (secondary N) is 1. The van der Waals surface area contributed by atoms with Crippen molar-refractivity contribution in [1.82, 2.24) is 15.3 Å². The summed E-state index contributed by atoms with van der Waals surface area (Å²) in [5.74, 6) is 0.928. The fourth-order valence-corrected chi connectivity index (χ4v) is 2.42. The minimum Gasteiger partial charge on any atom is -0.381 e. The highest BCUT2D eigenvalue weighted by atomic mass is 16.5. The molecule has 1 heterocycles. The van der Waals surface area contributed by atoms with Gasteiger partial charge in [0.05, 0.1) is 6.61 Å². The van der Waals surface area contributed by atoms with E-state index in [2.05, 4.69) is 33.0 Å². The van der Waals surface area contributed by atoms with Crippen molar-refractivity contribution in [3.8, 4) is 0 Å². The van der Waals surface area contributed by atoms with E-state index < -0.39 is 0 Å². The third-order valence-corrected chi connectivity index (χ3v) is 3.50. The average molecular weight is 293 g/mol. The average Bonchev–Trinajstić information content (AvgIpc) is 2.47. The van der Waals surface area contributed by atoms with Crippen LogP contribution in [0.4, 0.5) is 0 Å². The van der Waals surface area contributed by atoms with Crippen LogP contribution in [-0.2, 0) is 30.4 Å². The molecule has 0 spiro atoms. The monoisotopic (exact) mass is 293 g/mol. The highest BCUT2D eigenvalue weighted by molar-refractivity contribution is 5.27. The first-order chi connectivity index (χ1) is 10.1. The van der Waals surface area contributed by atoms with Crippen molar-refractivity contribution in [3.05, 3.63) is 22.8 Å². The summed E-state index contributed by atoms with van der Waals surface area (Å²) < 4.78 is 5.42. The fraction of sp³-hybridized carbons (Fsp3) is 0.765. The van der Waals surface area contributed by atoms with Gasteiger partial charge in [0, 0.05) is 30.5 Å². The molecule has 1 N–H and O–H groups in total. The molecule has 0 aromatic carbocycles. The van der Waals surface area contributed by atoms with Crippen LogP contribution in [0.3, 0.4) is 0 Å². The van der Waals surface area contributed by atoms with Crippen molar-refractivity contribution < 1.29 is 4.74 Å². The molecule has 4 heteroatoms. The lowest BCUT2D eigenvalue weighted by Gasteiger charge is -2.15. The number of ether oxygens (including phenoxy) is 1. The van der Waals surface area contributed by atoms with Crippen molar-refractivity contribution in [3.63, 3.8) is 0 Å². The van der Waals surface area contributed by atoms with Crippen LogP contribution < -0.4 is 5.32 Å². The Morgan fingerprint density at radius 3 is 2.10 bits per heavy atom. The van der Waals surface area contributed by atoms with E-state index in [0.29, 0.717) is 12.6 Å².